The summed E-state index contributed by atoms with van der Waals surface area (Å²) in [7, 11) is 0. The van der Waals surface area contributed by atoms with Crippen molar-refractivity contribution in [1.82, 2.24) is 16.0 Å². The van der Waals surface area contributed by atoms with Crippen molar-refractivity contribution in [3.63, 3.8) is 0 Å². The fourth-order valence-corrected chi connectivity index (χ4v) is 2.76. The van der Waals surface area contributed by atoms with E-state index in [0.717, 1.165) is 0 Å². The SMILES string of the molecule is CCC(C)C(N)C(=O)NC(CCCN=C(N)N)C(=O)NC(CCC(N)=O)C(=O)NC(C)C(=O)O. The molecule has 5 atom stereocenters. The number of amides is 4. The molecule has 0 rings (SSSR count). The summed E-state index contributed by atoms with van der Waals surface area (Å²) in [6.45, 7) is 5.11. The first kappa shape index (κ1) is 30.6. The van der Waals surface area contributed by atoms with Crippen LogP contribution >= 0.6 is 0 Å². The smallest absolute Gasteiger partial charge is 0.325 e. The number of hydrogen-bond acceptors (Lipinski definition) is 7. The molecule has 0 aromatic carbocycles. The number of primary amides is 1. The third kappa shape index (κ3) is 12.0. The summed E-state index contributed by atoms with van der Waals surface area (Å²) in [5, 5.41) is 16.3. The van der Waals surface area contributed by atoms with Crippen molar-refractivity contribution >= 4 is 35.6 Å². The molecule has 14 heteroatoms. The molecule has 0 saturated heterocycles. The predicted octanol–water partition coefficient (Wildman–Crippen LogP) is -2.76. The molecule has 0 aliphatic heterocycles. The molecule has 0 aromatic rings. The van der Waals surface area contributed by atoms with Gasteiger partial charge < -0.3 is 44.0 Å². The monoisotopic (exact) mass is 486 g/mol. The highest BCUT2D eigenvalue weighted by Crippen LogP contribution is 2.08. The van der Waals surface area contributed by atoms with Crippen molar-refractivity contribution in [2.75, 3.05) is 6.54 Å². The molecule has 14 nitrogen and oxygen atoms in total. The summed E-state index contributed by atoms with van der Waals surface area (Å²) < 4.78 is 0. The van der Waals surface area contributed by atoms with Crippen LogP contribution < -0.4 is 38.9 Å². The van der Waals surface area contributed by atoms with Gasteiger partial charge in [0.15, 0.2) is 5.96 Å². The maximum absolute atomic E-state index is 13.0. The fourth-order valence-electron chi connectivity index (χ4n) is 2.76. The normalized spacial score (nSPS) is 15.1. The van der Waals surface area contributed by atoms with Gasteiger partial charge in [0.05, 0.1) is 6.04 Å². The average molecular weight is 487 g/mol. The molecule has 34 heavy (non-hydrogen) atoms. The van der Waals surface area contributed by atoms with Crippen LogP contribution in [-0.2, 0) is 24.0 Å². The van der Waals surface area contributed by atoms with E-state index in [4.69, 9.17) is 28.0 Å². The second-order valence-corrected chi connectivity index (χ2v) is 8.06. The first-order valence-electron chi connectivity index (χ1n) is 11.0. The Morgan fingerprint density at radius 3 is 1.91 bits per heavy atom. The Morgan fingerprint density at radius 1 is 0.882 bits per heavy atom. The van der Waals surface area contributed by atoms with Gasteiger partial charge in [-0.2, -0.15) is 0 Å². The fraction of sp³-hybridized carbons (Fsp3) is 0.700. The zero-order valence-electron chi connectivity index (χ0n) is 19.9. The number of guanidine groups is 1. The highest BCUT2D eigenvalue weighted by atomic mass is 16.4. The summed E-state index contributed by atoms with van der Waals surface area (Å²) in [5.41, 5.74) is 21.7. The van der Waals surface area contributed by atoms with Crippen LogP contribution in [0, 0.1) is 5.92 Å². The van der Waals surface area contributed by atoms with Crippen LogP contribution in [0.5, 0.6) is 0 Å². The molecule has 0 saturated carbocycles. The number of carbonyl (C=O) groups excluding carboxylic acids is 4. The number of rotatable bonds is 16. The number of aliphatic carboxylic acids is 1. The van der Waals surface area contributed by atoms with Crippen molar-refractivity contribution in [3.8, 4) is 0 Å². The van der Waals surface area contributed by atoms with Crippen LogP contribution in [0.2, 0.25) is 0 Å². The van der Waals surface area contributed by atoms with E-state index in [1.807, 2.05) is 6.92 Å². The van der Waals surface area contributed by atoms with Gasteiger partial charge in [-0.25, -0.2) is 0 Å². The molecule has 0 bridgehead atoms. The number of carboxylic acid groups (broad SMARTS) is 1. The lowest BCUT2D eigenvalue weighted by Crippen LogP contribution is -2.57. The molecule has 0 fully saturated rings. The van der Waals surface area contributed by atoms with E-state index in [0.29, 0.717) is 12.8 Å². The summed E-state index contributed by atoms with van der Waals surface area (Å²) in [4.78, 5) is 64.2. The van der Waals surface area contributed by atoms with Crippen LogP contribution in [-0.4, -0.2) is 71.4 Å². The standard InChI is InChI=1S/C20H38N8O6/c1-4-10(2)15(22)18(32)28-12(6-5-9-25-20(23)24)17(31)27-13(7-8-14(21)29)16(30)26-11(3)19(33)34/h10-13,15H,4-9,22H2,1-3H3,(H2,21,29)(H,26,30)(H,27,31)(H,28,32)(H,33,34)(H4,23,24,25). The van der Waals surface area contributed by atoms with Crippen LogP contribution in [0.15, 0.2) is 4.99 Å². The molecule has 4 amide bonds. The van der Waals surface area contributed by atoms with E-state index < -0.39 is 53.8 Å². The molecule has 0 spiro atoms. The topological polar surface area (TPSA) is 258 Å². The van der Waals surface area contributed by atoms with Crippen LogP contribution in [0.4, 0.5) is 0 Å². The Balaban J connectivity index is 5.56. The van der Waals surface area contributed by atoms with Gasteiger partial charge >= 0.3 is 5.97 Å². The Kier molecular flexibility index (Phi) is 13.9. The minimum atomic E-state index is -1.28. The highest BCUT2D eigenvalue weighted by Gasteiger charge is 2.30. The zero-order chi connectivity index (χ0) is 26.4. The van der Waals surface area contributed by atoms with E-state index in [-0.39, 0.29) is 37.7 Å². The second kappa shape index (κ2) is 15.4. The van der Waals surface area contributed by atoms with Gasteiger partial charge in [-0.3, -0.25) is 29.0 Å². The maximum Gasteiger partial charge on any atom is 0.325 e. The predicted molar refractivity (Wildman–Crippen MR) is 125 cm³/mol. The minimum Gasteiger partial charge on any atom is -0.480 e. The van der Waals surface area contributed by atoms with E-state index in [2.05, 4.69) is 20.9 Å². The van der Waals surface area contributed by atoms with Crippen LogP contribution in [0.3, 0.4) is 0 Å². The first-order chi connectivity index (χ1) is 15.8. The quantitative estimate of drug-likeness (QED) is 0.0637. The molecule has 0 aromatic heterocycles. The number of carboxylic acids is 1. The molecule has 0 radical (unpaired) electrons. The van der Waals surface area contributed by atoms with Gasteiger partial charge in [-0.15, -0.1) is 0 Å². The molecular formula is C20H38N8O6. The van der Waals surface area contributed by atoms with Crippen molar-refractivity contribution < 1.29 is 29.1 Å². The number of nitrogens with one attached hydrogen (secondary N) is 3. The Labute approximate surface area is 198 Å². The number of nitrogens with zero attached hydrogens (tertiary/aromatic N) is 1. The van der Waals surface area contributed by atoms with Crippen LogP contribution in [0.1, 0.15) is 52.9 Å². The molecular weight excluding hydrogens is 448 g/mol. The molecule has 0 aliphatic rings. The highest BCUT2D eigenvalue weighted by molar-refractivity contribution is 5.94. The number of carbonyl (C=O) groups is 5. The van der Waals surface area contributed by atoms with Gasteiger partial charge in [-0.1, -0.05) is 20.3 Å². The Morgan fingerprint density at radius 2 is 1.41 bits per heavy atom. The van der Waals surface area contributed by atoms with Crippen LogP contribution in [0.25, 0.3) is 0 Å². The molecule has 5 unspecified atom stereocenters. The molecule has 0 heterocycles. The zero-order valence-corrected chi connectivity index (χ0v) is 19.9. The molecule has 194 valence electrons. The van der Waals surface area contributed by atoms with Gasteiger partial charge in [0.1, 0.15) is 18.1 Å². The van der Waals surface area contributed by atoms with Gasteiger partial charge in [-0.05, 0) is 32.1 Å². The lowest BCUT2D eigenvalue weighted by molar-refractivity contribution is -0.142. The van der Waals surface area contributed by atoms with E-state index in [1.54, 1.807) is 6.92 Å². The van der Waals surface area contributed by atoms with Crippen molar-refractivity contribution in [3.05, 3.63) is 0 Å². The van der Waals surface area contributed by atoms with E-state index >= 15 is 0 Å². The second-order valence-electron chi connectivity index (χ2n) is 8.06. The maximum atomic E-state index is 13.0. The summed E-state index contributed by atoms with van der Waals surface area (Å²) in [5.74, 6) is -4.34. The van der Waals surface area contributed by atoms with E-state index in [1.165, 1.54) is 6.92 Å². The lowest BCUT2D eigenvalue weighted by Gasteiger charge is -2.25. The third-order valence-corrected chi connectivity index (χ3v) is 5.18. The summed E-state index contributed by atoms with van der Waals surface area (Å²) in [6.07, 6.45) is 0.688. The minimum absolute atomic E-state index is 0.122. The number of nitrogens with two attached hydrogens (primary N) is 4. The molecule has 0 aliphatic carbocycles. The Hall–Kier alpha value is -3.42. The average Bonchev–Trinajstić information content (AvgIpc) is 2.76. The van der Waals surface area contributed by atoms with Crippen molar-refractivity contribution in [2.24, 2.45) is 33.8 Å². The molecule has 12 N–H and O–H groups in total. The largest absolute Gasteiger partial charge is 0.480 e. The van der Waals surface area contributed by atoms with Gasteiger partial charge in [0, 0.05) is 13.0 Å². The van der Waals surface area contributed by atoms with E-state index in [9.17, 15) is 24.0 Å². The lowest BCUT2D eigenvalue weighted by atomic mass is 9.98. The summed E-state index contributed by atoms with van der Waals surface area (Å²) >= 11 is 0. The first-order valence-corrected chi connectivity index (χ1v) is 11.0. The summed E-state index contributed by atoms with van der Waals surface area (Å²) in [6, 6.07) is -4.44. The van der Waals surface area contributed by atoms with Gasteiger partial charge in [0.25, 0.3) is 0 Å². The Bertz CT molecular complexity index is 755. The number of aliphatic imine (C=N–C) groups is 1. The van der Waals surface area contributed by atoms with Crippen molar-refractivity contribution in [2.45, 2.75) is 77.0 Å². The van der Waals surface area contributed by atoms with Crippen molar-refractivity contribution in [1.29, 1.82) is 0 Å². The third-order valence-electron chi connectivity index (χ3n) is 5.18. The number of hydrogen-bond donors (Lipinski definition) is 8. The van der Waals surface area contributed by atoms with Gasteiger partial charge in [0.2, 0.25) is 23.6 Å².